The molecule has 1 aromatic heterocycles. The molecule has 1 unspecified atom stereocenters. The van der Waals surface area contributed by atoms with Crippen LogP contribution in [-0.4, -0.2) is 38.2 Å². The van der Waals surface area contributed by atoms with Gasteiger partial charge in [-0.25, -0.2) is 0 Å². The molecular weight excluding hydrogens is 438 g/mol. The molecule has 9 nitrogen and oxygen atoms in total. The summed E-state index contributed by atoms with van der Waals surface area (Å²) in [6.07, 6.45) is 3.15. The lowest BCUT2D eigenvalue weighted by atomic mass is 9.95. The summed E-state index contributed by atoms with van der Waals surface area (Å²) in [5.74, 6) is -1.45. The van der Waals surface area contributed by atoms with Crippen molar-refractivity contribution < 1.29 is 24.4 Å². The lowest BCUT2D eigenvalue weighted by Gasteiger charge is -2.25. The largest absolute Gasteiger partial charge is 0.507 e. The van der Waals surface area contributed by atoms with Crippen LogP contribution in [0.1, 0.15) is 29.7 Å². The van der Waals surface area contributed by atoms with E-state index in [2.05, 4.69) is 4.98 Å². The van der Waals surface area contributed by atoms with Crippen LogP contribution in [0.5, 0.6) is 5.75 Å². The average Bonchev–Trinajstić information content (AvgIpc) is 3.09. The predicted octanol–water partition coefficient (Wildman–Crippen LogP) is 4.01. The summed E-state index contributed by atoms with van der Waals surface area (Å²) in [4.78, 5) is 42.1. The highest BCUT2D eigenvalue weighted by molar-refractivity contribution is 6.46. The smallest absolute Gasteiger partial charge is 0.295 e. The summed E-state index contributed by atoms with van der Waals surface area (Å²) in [6.45, 7) is 2.33. The molecule has 2 aromatic carbocycles. The fourth-order valence-electron chi connectivity index (χ4n) is 3.91. The second-order valence-electron chi connectivity index (χ2n) is 7.59. The molecule has 34 heavy (non-hydrogen) atoms. The van der Waals surface area contributed by atoms with Gasteiger partial charge in [0.15, 0.2) is 0 Å². The summed E-state index contributed by atoms with van der Waals surface area (Å²) in [5.41, 5.74) is 1.30. The summed E-state index contributed by atoms with van der Waals surface area (Å²) in [5, 5.41) is 22.3. The molecule has 3 aromatic rings. The number of carbonyl (C=O) groups excluding carboxylic acids is 2. The Morgan fingerprint density at radius 2 is 1.82 bits per heavy atom. The Morgan fingerprint density at radius 3 is 2.47 bits per heavy atom. The van der Waals surface area contributed by atoms with Gasteiger partial charge in [-0.15, -0.1) is 0 Å². The van der Waals surface area contributed by atoms with E-state index < -0.39 is 22.7 Å². The van der Waals surface area contributed by atoms with E-state index in [1.807, 2.05) is 6.92 Å². The van der Waals surface area contributed by atoms with Crippen molar-refractivity contribution in [3.63, 3.8) is 0 Å². The molecule has 1 atom stereocenters. The van der Waals surface area contributed by atoms with E-state index in [-0.39, 0.29) is 23.6 Å². The predicted molar refractivity (Wildman–Crippen MR) is 123 cm³/mol. The molecule has 9 heteroatoms. The average molecular weight is 459 g/mol. The minimum Gasteiger partial charge on any atom is -0.507 e. The van der Waals surface area contributed by atoms with Crippen molar-refractivity contribution in [3.8, 4) is 5.75 Å². The Kier molecular flexibility index (Phi) is 6.35. The number of pyridine rings is 1. The molecule has 4 rings (SSSR count). The van der Waals surface area contributed by atoms with Crippen molar-refractivity contribution in [1.82, 2.24) is 9.88 Å². The van der Waals surface area contributed by atoms with Gasteiger partial charge in [0.25, 0.3) is 17.4 Å². The van der Waals surface area contributed by atoms with E-state index in [4.69, 9.17) is 4.74 Å². The zero-order chi connectivity index (χ0) is 24.2. The van der Waals surface area contributed by atoms with Gasteiger partial charge < -0.3 is 14.7 Å². The fourth-order valence-corrected chi connectivity index (χ4v) is 3.91. The highest BCUT2D eigenvalue weighted by Gasteiger charge is 2.46. The van der Waals surface area contributed by atoms with Crippen LogP contribution in [0, 0.1) is 10.1 Å². The number of nitro benzene ring substituents is 1. The fraction of sp³-hybridized carbons (Fsp3) is 0.160. The molecule has 172 valence electrons. The summed E-state index contributed by atoms with van der Waals surface area (Å²) >= 11 is 0. The van der Waals surface area contributed by atoms with Gasteiger partial charge in [0.05, 0.1) is 23.1 Å². The van der Waals surface area contributed by atoms with E-state index in [1.54, 1.807) is 48.8 Å². The molecule has 0 spiro atoms. The van der Waals surface area contributed by atoms with Crippen LogP contribution >= 0.6 is 0 Å². The number of non-ortho nitro benzene ring substituents is 1. The molecular formula is C25H21N3O6. The van der Waals surface area contributed by atoms with Crippen molar-refractivity contribution >= 4 is 23.1 Å². The molecule has 2 heterocycles. The third-order valence-electron chi connectivity index (χ3n) is 5.48. The van der Waals surface area contributed by atoms with Crippen molar-refractivity contribution in [2.45, 2.75) is 19.5 Å². The van der Waals surface area contributed by atoms with Crippen LogP contribution in [0.3, 0.4) is 0 Å². The number of Topliss-reactive ketones (excluding diaryl/α,β-unsaturated/α-hetero) is 1. The van der Waals surface area contributed by atoms with Crippen LogP contribution in [0.4, 0.5) is 5.69 Å². The van der Waals surface area contributed by atoms with Crippen LogP contribution in [0.25, 0.3) is 5.76 Å². The number of aromatic nitrogens is 1. The first-order chi connectivity index (χ1) is 16.4. The standard InChI is InChI=1S/C25H21N3O6/c1-2-34-20-5-3-4-18(14-20)23(29)21-22(17-6-8-19(9-7-17)28(32)33)27(25(31)24(21)30)15-16-10-12-26-13-11-16/h3-14,22,29H,2,15H2,1H3. The lowest BCUT2D eigenvalue weighted by Crippen LogP contribution is -2.29. The van der Waals surface area contributed by atoms with Gasteiger partial charge in [0.1, 0.15) is 11.5 Å². The second-order valence-corrected chi connectivity index (χ2v) is 7.59. The molecule has 1 aliphatic rings. The van der Waals surface area contributed by atoms with Crippen molar-refractivity contribution in [1.29, 1.82) is 0 Å². The number of amides is 1. The zero-order valence-electron chi connectivity index (χ0n) is 18.2. The van der Waals surface area contributed by atoms with Crippen molar-refractivity contribution in [2.75, 3.05) is 6.61 Å². The minimum atomic E-state index is -0.940. The number of likely N-dealkylation sites (tertiary alicyclic amines) is 1. The Bertz CT molecular complexity index is 1270. The molecule has 1 amide bonds. The maximum atomic E-state index is 13.1. The number of rotatable bonds is 7. The van der Waals surface area contributed by atoms with E-state index in [0.29, 0.717) is 23.5 Å². The molecule has 0 bridgehead atoms. The molecule has 0 aliphatic carbocycles. The maximum Gasteiger partial charge on any atom is 0.295 e. The van der Waals surface area contributed by atoms with E-state index in [1.165, 1.54) is 29.2 Å². The quantitative estimate of drug-likeness (QED) is 0.186. The zero-order valence-corrected chi connectivity index (χ0v) is 18.2. The highest BCUT2D eigenvalue weighted by Crippen LogP contribution is 2.41. The Morgan fingerprint density at radius 1 is 1.12 bits per heavy atom. The first-order valence-corrected chi connectivity index (χ1v) is 10.6. The topological polar surface area (TPSA) is 123 Å². The number of hydrogen-bond acceptors (Lipinski definition) is 7. The lowest BCUT2D eigenvalue weighted by molar-refractivity contribution is -0.384. The molecule has 0 saturated carbocycles. The van der Waals surface area contributed by atoms with Crippen molar-refractivity contribution in [2.24, 2.45) is 0 Å². The van der Waals surface area contributed by atoms with Crippen LogP contribution in [-0.2, 0) is 16.1 Å². The van der Waals surface area contributed by atoms with Gasteiger partial charge >= 0.3 is 0 Å². The van der Waals surface area contributed by atoms with E-state index in [0.717, 1.165) is 5.56 Å². The van der Waals surface area contributed by atoms with Gasteiger partial charge in [-0.1, -0.05) is 12.1 Å². The number of aliphatic hydroxyl groups is 1. The number of nitro groups is 1. The third kappa shape index (κ3) is 4.36. The Balaban J connectivity index is 1.85. The number of aliphatic hydroxyl groups excluding tert-OH is 1. The van der Waals surface area contributed by atoms with Gasteiger partial charge in [0.2, 0.25) is 0 Å². The molecule has 0 radical (unpaired) electrons. The number of nitrogens with zero attached hydrogens (tertiary/aromatic N) is 3. The van der Waals surface area contributed by atoms with E-state index in [9.17, 15) is 24.8 Å². The monoisotopic (exact) mass is 459 g/mol. The summed E-state index contributed by atoms with van der Waals surface area (Å²) in [7, 11) is 0. The van der Waals surface area contributed by atoms with Crippen molar-refractivity contribution in [3.05, 3.63) is 105 Å². The van der Waals surface area contributed by atoms with Gasteiger partial charge in [-0.3, -0.25) is 24.7 Å². The highest BCUT2D eigenvalue weighted by atomic mass is 16.6. The molecule has 1 fully saturated rings. The Labute approximate surface area is 195 Å². The maximum absolute atomic E-state index is 13.1. The molecule has 1 N–H and O–H groups in total. The number of carbonyl (C=O) groups is 2. The van der Waals surface area contributed by atoms with Crippen LogP contribution < -0.4 is 4.74 Å². The number of hydrogen-bond donors (Lipinski definition) is 1. The SMILES string of the molecule is CCOc1cccc(C(O)=C2C(=O)C(=O)N(Cc3ccncc3)C2c2ccc([N+](=O)[O-])cc2)c1. The normalized spacial score (nSPS) is 17.1. The van der Waals surface area contributed by atoms with Crippen LogP contribution in [0.15, 0.2) is 78.6 Å². The van der Waals surface area contributed by atoms with Gasteiger partial charge in [-0.2, -0.15) is 0 Å². The summed E-state index contributed by atoms with van der Waals surface area (Å²) in [6, 6.07) is 14.7. The summed E-state index contributed by atoms with van der Waals surface area (Å²) < 4.78 is 5.49. The van der Waals surface area contributed by atoms with Gasteiger partial charge in [0, 0.05) is 36.6 Å². The van der Waals surface area contributed by atoms with E-state index >= 15 is 0 Å². The molecule has 1 aliphatic heterocycles. The number of ketones is 1. The molecule has 1 saturated heterocycles. The minimum absolute atomic E-state index is 0.0878. The first-order valence-electron chi connectivity index (χ1n) is 10.6. The third-order valence-corrected chi connectivity index (χ3v) is 5.48. The second kappa shape index (κ2) is 9.53. The number of benzene rings is 2. The Hall–Kier alpha value is -4.53. The van der Waals surface area contributed by atoms with Gasteiger partial charge in [-0.05, 0) is 54.4 Å². The number of ether oxygens (including phenoxy) is 1. The van der Waals surface area contributed by atoms with Crippen LogP contribution in [0.2, 0.25) is 0 Å². The first kappa shape index (κ1) is 22.7.